The van der Waals surface area contributed by atoms with Crippen LogP contribution in [0, 0.1) is 11.7 Å². The zero-order chi connectivity index (χ0) is 18.4. The maximum absolute atomic E-state index is 12.9. The van der Waals surface area contributed by atoms with Crippen LogP contribution in [0.15, 0.2) is 29.2 Å². The van der Waals surface area contributed by atoms with Crippen molar-refractivity contribution in [3.63, 3.8) is 0 Å². The molecule has 0 bridgehead atoms. The molecule has 0 atom stereocenters. The minimum atomic E-state index is -0.267. The summed E-state index contributed by atoms with van der Waals surface area (Å²) in [5, 5.41) is 0. The van der Waals surface area contributed by atoms with Gasteiger partial charge in [-0.05, 0) is 49.9 Å². The number of benzene rings is 1. The predicted octanol–water partition coefficient (Wildman–Crippen LogP) is 3.56. The lowest BCUT2D eigenvalue weighted by Gasteiger charge is -2.34. The fraction of sp³-hybridized carbons (Fsp3) is 0.600. The molecule has 2 fully saturated rings. The molecule has 26 heavy (non-hydrogen) atoms. The van der Waals surface area contributed by atoms with Crippen molar-refractivity contribution in [1.82, 2.24) is 9.80 Å². The van der Waals surface area contributed by atoms with Crippen molar-refractivity contribution in [2.45, 2.75) is 43.4 Å². The van der Waals surface area contributed by atoms with E-state index in [9.17, 15) is 14.0 Å². The molecule has 0 spiro atoms. The molecular formula is C20H27FN2O2S. The van der Waals surface area contributed by atoms with Gasteiger partial charge in [0.05, 0.1) is 5.75 Å². The summed E-state index contributed by atoms with van der Waals surface area (Å²) < 4.78 is 12.9. The number of thioether (sulfide) groups is 1. The van der Waals surface area contributed by atoms with Gasteiger partial charge in [-0.3, -0.25) is 9.59 Å². The van der Waals surface area contributed by atoms with E-state index in [2.05, 4.69) is 0 Å². The molecule has 0 unspecified atom stereocenters. The van der Waals surface area contributed by atoms with Crippen LogP contribution < -0.4 is 0 Å². The first kappa shape index (κ1) is 19.2. The highest BCUT2D eigenvalue weighted by molar-refractivity contribution is 8.00. The Kier molecular flexibility index (Phi) is 6.94. The van der Waals surface area contributed by atoms with E-state index in [1.807, 2.05) is 9.80 Å². The Hall–Kier alpha value is -1.56. The van der Waals surface area contributed by atoms with Crippen molar-refractivity contribution in [2.75, 3.05) is 31.9 Å². The fourth-order valence-corrected chi connectivity index (χ4v) is 4.49. The van der Waals surface area contributed by atoms with Gasteiger partial charge >= 0.3 is 0 Å². The summed E-state index contributed by atoms with van der Waals surface area (Å²) in [7, 11) is 0. The minimum Gasteiger partial charge on any atom is -0.342 e. The number of piperidine rings is 1. The van der Waals surface area contributed by atoms with E-state index < -0.39 is 0 Å². The Morgan fingerprint density at radius 2 is 1.54 bits per heavy atom. The number of carbonyl (C=O) groups is 2. The quantitative estimate of drug-likeness (QED) is 0.752. The summed E-state index contributed by atoms with van der Waals surface area (Å²) in [6, 6.07) is 6.21. The molecule has 2 amide bonds. The first-order chi connectivity index (χ1) is 12.6. The summed E-state index contributed by atoms with van der Waals surface area (Å²) in [6.07, 6.45) is 6.21. The molecule has 2 heterocycles. The van der Waals surface area contributed by atoms with Gasteiger partial charge in [0.2, 0.25) is 11.8 Å². The van der Waals surface area contributed by atoms with Crippen LogP contribution in [-0.4, -0.2) is 53.5 Å². The van der Waals surface area contributed by atoms with Crippen LogP contribution in [0.25, 0.3) is 0 Å². The van der Waals surface area contributed by atoms with Gasteiger partial charge in [-0.2, -0.15) is 0 Å². The highest BCUT2D eigenvalue weighted by Crippen LogP contribution is 2.24. The molecule has 1 aromatic rings. The summed E-state index contributed by atoms with van der Waals surface area (Å²) in [6.45, 7) is 3.11. The van der Waals surface area contributed by atoms with Crippen LogP contribution in [0.3, 0.4) is 0 Å². The monoisotopic (exact) mass is 378 g/mol. The molecule has 1 aromatic carbocycles. The third kappa shape index (κ3) is 5.22. The van der Waals surface area contributed by atoms with E-state index in [4.69, 9.17) is 0 Å². The molecule has 3 rings (SSSR count). The molecule has 0 saturated carbocycles. The van der Waals surface area contributed by atoms with Gasteiger partial charge < -0.3 is 9.80 Å². The number of carbonyl (C=O) groups excluding carboxylic acids is 2. The molecule has 2 aliphatic heterocycles. The zero-order valence-corrected chi connectivity index (χ0v) is 16.0. The minimum absolute atomic E-state index is 0.0712. The largest absolute Gasteiger partial charge is 0.342 e. The first-order valence-corrected chi connectivity index (χ1v) is 10.6. The molecule has 0 aliphatic carbocycles. The van der Waals surface area contributed by atoms with Crippen molar-refractivity contribution in [1.29, 1.82) is 0 Å². The second-order valence-corrected chi connectivity index (χ2v) is 8.19. The number of nitrogens with zero attached hydrogens (tertiary/aromatic N) is 2. The summed E-state index contributed by atoms with van der Waals surface area (Å²) in [5.74, 6) is 0.550. The average Bonchev–Trinajstić information content (AvgIpc) is 2.96. The number of hydrogen-bond donors (Lipinski definition) is 0. The van der Waals surface area contributed by atoms with Gasteiger partial charge in [0.15, 0.2) is 0 Å². The van der Waals surface area contributed by atoms with Gasteiger partial charge in [0.1, 0.15) is 5.82 Å². The molecule has 142 valence electrons. The van der Waals surface area contributed by atoms with Crippen LogP contribution in [0.4, 0.5) is 4.39 Å². The van der Waals surface area contributed by atoms with Gasteiger partial charge in [-0.1, -0.05) is 12.8 Å². The highest BCUT2D eigenvalue weighted by Gasteiger charge is 2.30. The Morgan fingerprint density at radius 3 is 2.15 bits per heavy atom. The smallest absolute Gasteiger partial charge is 0.232 e. The summed E-state index contributed by atoms with van der Waals surface area (Å²) in [4.78, 5) is 29.9. The van der Waals surface area contributed by atoms with E-state index in [1.54, 1.807) is 12.1 Å². The first-order valence-electron chi connectivity index (χ1n) is 9.58. The maximum Gasteiger partial charge on any atom is 0.232 e. The third-order valence-corrected chi connectivity index (χ3v) is 6.29. The number of halogens is 1. The molecule has 0 N–H and O–H groups in total. The lowest BCUT2D eigenvalue weighted by molar-refractivity contribution is -0.139. The van der Waals surface area contributed by atoms with Gasteiger partial charge in [0.25, 0.3) is 0 Å². The molecule has 6 heteroatoms. The molecule has 4 nitrogen and oxygen atoms in total. The molecule has 2 aliphatic rings. The lowest BCUT2D eigenvalue weighted by atomic mass is 9.95. The van der Waals surface area contributed by atoms with Gasteiger partial charge in [-0.25, -0.2) is 4.39 Å². The number of hydrogen-bond acceptors (Lipinski definition) is 3. The fourth-order valence-electron chi connectivity index (χ4n) is 3.69. The van der Waals surface area contributed by atoms with Crippen LogP contribution in [-0.2, 0) is 9.59 Å². The Morgan fingerprint density at radius 1 is 0.923 bits per heavy atom. The van der Waals surface area contributed by atoms with Crippen LogP contribution in [0.2, 0.25) is 0 Å². The standard InChI is InChI=1S/C20H27FN2O2S/c21-17-5-7-18(8-6-17)26-15-19(24)22-13-9-16(10-14-22)20(25)23-11-3-1-2-4-12-23/h5-8,16H,1-4,9-15H2. The second-order valence-electron chi connectivity index (χ2n) is 7.14. The van der Waals surface area contributed by atoms with Crippen LogP contribution >= 0.6 is 11.8 Å². The second kappa shape index (κ2) is 9.40. The van der Waals surface area contributed by atoms with Crippen molar-refractivity contribution >= 4 is 23.6 Å². The van der Waals surface area contributed by atoms with E-state index in [0.29, 0.717) is 24.7 Å². The molecular weight excluding hydrogens is 351 g/mol. The van der Waals surface area contributed by atoms with E-state index in [0.717, 1.165) is 43.7 Å². The van der Waals surface area contributed by atoms with Crippen molar-refractivity contribution in [3.05, 3.63) is 30.1 Å². The average molecular weight is 379 g/mol. The van der Waals surface area contributed by atoms with Crippen LogP contribution in [0.5, 0.6) is 0 Å². The lowest BCUT2D eigenvalue weighted by Crippen LogP contribution is -2.45. The van der Waals surface area contributed by atoms with E-state index in [-0.39, 0.29) is 17.6 Å². The summed E-state index contributed by atoms with van der Waals surface area (Å²) >= 11 is 1.43. The topological polar surface area (TPSA) is 40.6 Å². The van der Waals surface area contributed by atoms with E-state index >= 15 is 0 Å². The van der Waals surface area contributed by atoms with Crippen LogP contribution in [0.1, 0.15) is 38.5 Å². The molecule has 0 radical (unpaired) electrons. The Bertz CT molecular complexity index is 607. The summed E-state index contributed by atoms with van der Waals surface area (Å²) in [5.41, 5.74) is 0. The van der Waals surface area contributed by atoms with Crippen molar-refractivity contribution in [3.8, 4) is 0 Å². The third-order valence-electron chi connectivity index (χ3n) is 5.29. The SMILES string of the molecule is O=C(CSc1ccc(F)cc1)N1CCC(C(=O)N2CCCCCC2)CC1. The molecule has 0 aromatic heterocycles. The van der Waals surface area contributed by atoms with Gasteiger partial charge in [-0.15, -0.1) is 11.8 Å². The van der Waals surface area contributed by atoms with Gasteiger partial charge in [0, 0.05) is 37.0 Å². The number of rotatable bonds is 4. The Balaban J connectivity index is 1.43. The highest BCUT2D eigenvalue weighted by atomic mass is 32.2. The predicted molar refractivity (Wildman–Crippen MR) is 101 cm³/mol. The zero-order valence-electron chi connectivity index (χ0n) is 15.2. The van der Waals surface area contributed by atoms with Crippen molar-refractivity contribution in [2.24, 2.45) is 5.92 Å². The van der Waals surface area contributed by atoms with E-state index in [1.165, 1.54) is 36.7 Å². The number of likely N-dealkylation sites (tertiary alicyclic amines) is 2. The molecule has 2 saturated heterocycles. The number of amides is 2. The normalized spacial score (nSPS) is 19.3. The van der Waals surface area contributed by atoms with Crippen molar-refractivity contribution < 1.29 is 14.0 Å². The Labute approximate surface area is 159 Å². The maximum atomic E-state index is 12.9.